The quantitative estimate of drug-likeness (QED) is 0.574. The van der Waals surface area contributed by atoms with Crippen LogP contribution in [0.1, 0.15) is 12.8 Å². The number of carbonyl (C=O) groups is 1. The maximum absolute atomic E-state index is 11.5. The number of rotatable bonds is 7. The number of nitrogens with zero attached hydrogens (tertiary/aromatic N) is 1. The fraction of sp³-hybridized carbons (Fsp3) is 0.909. The van der Waals surface area contributed by atoms with Gasteiger partial charge in [-0.1, -0.05) is 0 Å². The van der Waals surface area contributed by atoms with E-state index in [-0.39, 0.29) is 5.91 Å². The second-order valence-corrected chi connectivity index (χ2v) is 4.33. The Morgan fingerprint density at radius 1 is 1.62 bits per heavy atom. The van der Waals surface area contributed by atoms with Crippen LogP contribution in [0.25, 0.3) is 0 Å². The summed E-state index contributed by atoms with van der Waals surface area (Å²) in [6, 6.07) is 0.553. The van der Waals surface area contributed by atoms with Crippen LogP contribution in [0.5, 0.6) is 0 Å². The average Bonchev–Trinajstić information content (AvgIpc) is 2.70. The van der Waals surface area contributed by atoms with E-state index in [0.29, 0.717) is 25.7 Å². The summed E-state index contributed by atoms with van der Waals surface area (Å²) in [5.74, 6) is 0.0672. The first-order valence-corrected chi connectivity index (χ1v) is 5.90. The first-order chi connectivity index (χ1) is 7.72. The molecule has 1 amide bonds. The highest BCUT2D eigenvalue weighted by Gasteiger charge is 2.16. The molecular formula is C11H23N3O2. The molecule has 1 fully saturated rings. The van der Waals surface area contributed by atoms with Gasteiger partial charge in [-0.25, -0.2) is 0 Å². The van der Waals surface area contributed by atoms with Gasteiger partial charge in [-0.2, -0.15) is 0 Å². The number of likely N-dealkylation sites (N-methyl/N-ethyl adjacent to an activating group) is 1. The molecule has 1 saturated heterocycles. The highest BCUT2D eigenvalue weighted by atomic mass is 16.5. The third-order valence-corrected chi connectivity index (χ3v) is 2.74. The van der Waals surface area contributed by atoms with Gasteiger partial charge in [-0.05, 0) is 26.4 Å². The lowest BCUT2D eigenvalue weighted by Gasteiger charge is -2.20. The van der Waals surface area contributed by atoms with E-state index in [9.17, 15) is 4.79 Å². The van der Waals surface area contributed by atoms with Crippen LogP contribution in [-0.2, 0) is 9.53 Å². The predicted octanol–water partition coefficient (Wildman–Crippen LogP) is -0.567. The highest BCUT2D eigenvalue weighted by molar-refractivity contribution is 5.77. The van der Waals surface area contributed by atoms with Crippen molar-refractivity contribution in [2.45, 2.75) is 18.9 Å². The van der Waals surface area contributed by atoms with Gasteiger partial charge in [0.1, 0.15) is 0 Å². The standard InChI is InChI=1S/C11H23N3O2/c1-14(8-10-4-3-5-12-10)9-11(15)13-6-7-16-2/h10,12H,3-9H2,1-2H3,(H,13,15)/t10-/m1/s1. The van der Waals surface area contributed by atoms with Crippen molar-refractivity contribution < 1.29 is 9.53 Å². The van der Waals surface area contributed by atoms with Gasteiger partial charge in [-0.3, -0.25) is 9.69 Å². The molecule has 0 spiro atoms. The van der Waals surface area contributed by atoms with Gasteiger partial charge in [0.2, 0.25) is 5.91 Å². The predicted molar refractivity (Wildman–Crippen MR) is 63.4 cm³/mol. The number of nitrogens with one attached hydrogen (secondary N) is 2. The molecule has 0 radical (unpaired) electrons. The summed E-state index contributed by atoms with van der Waals surface area (Å²) in [6.45, 7) is 3.67. The molecule has 0 bridgehead atoms. The molecule has 1 aliphatic rings. The van der Waals surface area contributed by atoms with E-state index in [1.54, 1.807) is 7.11 Å². The number of hydrogen-bond donors (Lipinski definition) is 2. The van der Waals surface area contributed by atoms with Crippen LogP contribution < -0.4 is 10.6 Å². The highest BCUT2D eigenvalue weighted by Crippen LogP contribution is 2.05. The van der Waals surface area contributed by atoms with Gasteiger partial charge in [-0.15, -0.1) is 0 Å². The number of amides is 1. The van der Waals surface area contributed by atoms with E-state index >= 15 is 0 Å². The first kappa shape index (κ1) is 13.4. The lowest BCUT2D eigenvalue weighted by Crippen LogP contribution is -2.41. The van der Waals surface area contributed by atoms with Gasteiger partial charge < -0.3 is 15.4 Å². The second-order valence-electron chi connectivity index (χ2n) is 4.33. The zero-order chi connectivity index (χ0) is 11.8. The normalized spacial score (nSPS) is 20.3. The SMILES string of the molecule is COCCNC(=O)CN(C)C[C@H]1CCCN1. The maximum Gasteiger partial charge on any atom is 0.234 e. The van der Waals surface area contributed by atoms with Crippen molar-refractivity contribution in [3.05, 3.63) is 0 Å². The molecular weight excluding hydrogens is 206 g/mol. The Morgan fingerprint density at radius 3 is 3.06 bits per heavy atom. The van der Waals surface area contributed by atoms with Crippen LogP contribution in [0.15, 0.2) is 0 Å². The van der Waals surface area contributed by atoms with Crippen molar-refractivity contribution in [3.63, 3.8) is 0 Å². The largest absolute Gasteiger partial charge is 0.383 e. The van der Waals surface area contributed by atoms with E-state index in [4.69, 9.17) is 4.74 Å². The summed E-state index contributed by atoms with van der Waals surface area (Å²) < 4.78 is 4.87. The molecule has 5 heteroatoms. The molecule has 0 aromatic heterocycles. The molecule has 94 valence electrons. The Balaban J connectivity index is 2.07. The topological polar surface area (TPSA) is 53.6 Å². The number of hydrogen-bond acceptors (Lipinski definition) is 4. The molecule has 0 aromatic carbocycles. The minimum atomic E-state index is 0.0672. The number of carbonyl (C=O) groups excluding carboxylic acids is 1. The summed E-state index contributed by atoms with van der Waals surface area (Å²) in [5.41, 5.74) is 0. The van der Waals surface area contributed by atoms with Crippen LogP contribution in [0.3, 0.4) is 0 Å². The Kier molecular flexibility index (Phi) is 6.37. The molecule has 0 saturated carbocycles. The molecule has 0 aromatic rings. The smallest absolute Gasteiger partial charge is 0.234 e. The van der Waals surface area contributed by atoms with Crippen molar-refractivity contribution in [3.8, 4) is 0 Å². The lowest BCUT2D eigenvalue weighted by atomic mass is 10.2. The Hall–Kier alpha value is -0.650. The monoisotopic (exact) mass is 229 g/mol. The summed E-state index contributed by atoms with van der Waals surface area (Å²) in [7, 11) is 3.61. The Labute approximate surface area is 97.5 Å². The van der Waals surface area contributed by atoms with Crippen LogP contribution >= 0.6 is 0 Å². The third-order valence-electron chi connectivity index (χ3n) is 2.74. The minimum absolute atomic E-state index is 0.0672. The maximum atomic E-state index is 11.5. The third kappa shape index (κ3) is 5.44. The Morgan fingerprint density at radius 2 is 2.44 bits per heavy atom. The summed E-state index contributed by atoms with van der Waals surface area (Å²) in [5, 5.41) is 6.23. The van der Waals surface area contributed by atoms with Crippen molar-refractivity contribution in [2.24, 2.45) is 0 Å². The molecule has 1 rings (SSSR count). The number of ether oxygens (including phenoxy) is 1. The number of methoxy groups -OCH3 is 1. The summed E-state index contributed by atoms with van der Waals surface area (Å²) in [4.78, 5) is 13.5. The van der Waals surface area contributed by atoms with E-state index in [2.05, 4.69) is 15.5 Å². The summed E-state index contributed by atoms with van der Waals surface area (Å²) in [6.07, 6.45) is 2.47. The zero-order valence-corrected chi connectivity index (χ0v) is 10.3. The van der Waals surface area contributed by atoms with E-state index in [1.165, 1.54) is 12.8 Å². The molecule has 5 nitrogen and oxygen atoms in total. The molecule has 0 unspecified atom stereocenters. The summed E-state index contributed by atoms with van der Waals surface area (Å²) >= 11 is 0. The fourth-order valence-corrected chi connectivity index (χ4v) is 1.95. The minimum Gasteiger partial charge on any atom is -0.383 e. The van der Waals surface area contributed by atoms with Crippen molar-refractivity contribution >= 4 is 5.91 Å². The van der Waals surface area contributed by atoms with Gasteiger partial charge in [0, 0.05) is 26.2 Å². The van der Waals surface area contributed by atoms with Gasteiger partial charge in [0.25, 0.3) is 0 Å². The van der Waals surface area contributed by atoms with Crippen molar-refractivity contribution in [1.82, 2.24) is 15.5 Å². The van der Waals surface area contributed by atoms with E-state index in [1.807, 2.05) is 7.05 Å². The second kappa shape index (κ2) is 7.60. The van der Waals surface area contributed by atoms with Crippen LogP contribution in [-0.4, -0.2) is 63.8 Å². The van der Waals surface area contributed by atoms with Crippen LogP contribution in [0.2, 0.25) is 0 Å². The fourth-order valence-electron chi connectivity index (χ4n) is 1.95. The van der Waals surface area contributed by atoms with E-state index < -0.39 is 0 Å². The van der Waals surface area contributed by atoms with Crippen LogP contribution in [0, 0.1) is 0 Å². The van der Waals surface area contributed by atoms with Crippen molar-refractivity contribution in [2.75, 3.05) is 46.9 Å². The zero-order valence-electron chi connectivity index (χ0n) is 10.3. The molecule has 1 aliphatic heterocycles. The van der Waals surface area contributed by atoms with Gasteiger partial charge in [0.05, 0.1) is 13.2 Å². The van der Waals surface area contributed by atoms with Crippen LogP contribution in [0.4, 0.5) is 0 Å². The average molecular weight is 229 g/mol. The molecule has 2 N–H and O–H groups in total. The van der Waals surface area contributed by atoms with Crippen molar-refractivity contribution in [1.29, 1.82) is 0 Å². The molecule has 16 heavy (non-hydrogen) atoms. The molecule has 1 heterocycles. The molecule has 0 aliphatic carbocycles. The van der Waals surface area contributed by atoms with Gasteiger partial charge in [0.15, 0.2) is 0 Å². The lowest BCUT2D eigenvalue weighted by molar-refractivity contribution is -0.122. The van der Waals surface area contributed by atoms with Gasteiger partial charge >= 0.3 is 0 Å². The first-order valence-electron chi connectivity index (χ1n) is 5.90. The van der Waals surface area contributed by atoms with E-state index in [0.717, 1.165) is 13.1 Å². The Bertz CT molecular complexity index is 205. The molecule has 1 atom stereocenters.